The summed E-state index contributed by atoms with van der Waals surface area (Å²) in [7, 11) is 3.08. The third kappa shape index (κ3) is 8.15. The quantitative estimate of drug-likeness (QED) is 0.326. The molecule has 0 saturated heterocycles. The fourth-order valence-electron chi connectivity index (χ4n) is 2.30. The Labute approximate surface area is 100 Å². The van der Waals surface area contributed by atoms with Gasteiger partial charge >= 0.3 is 0 Å². The van der Waals surface area contributed by atoms with Gasteiger partial charge in [-0.25, -0.2) is 0 Å². The highest BCUT2D eigenvalue weighted by Gasteiger charge is 2.18. The Hall–Kier alpha value is 0.310. The number of unbranched alkanes of at least 4 members (excludes halogenated alkanes) is 1. The van der Waals surface area contributed by atoms with E-state index in [2.05, 4.69) is 33.4 Å². The standard InChI is InChI=1S/C13H31NS/c1-6-10-14(3,11-7-2)12-8-9-13-15(4)5/h6-13H2,1-5H3/q+2. The second-order valence-electron chi connectivity index (χ2n) is 5.19. The molecular formula is C13H31NS+2. The van der Waals surface area contributed by atoms with Crippen LogP contribution in [-0.4, -0.2) is 49.4 Å². The summed E-state index contributed by atoms with van der Waals surface area (Å²) in [6, 6.07) is 0. The molecule has 92 valence electrons. The lowest BCUT2D eigenvalue weighted by Gasteiger charge is -2.34. The van der Waals surface area contributed by atoms with E-state index in [1.54, 1.807) is 0 Å². The summed E-state index contributed by atoms with van der Waals surface area (Å²) in [6.45, 7) is 8.72. The van der Waals surface area contributed by atoms with Gasteiger partial charge in [0.25, 0.3) is 0 Å². The summed E-state index contributed by atoms with van der Waals surface area (Å²) in [5.41, 5.74) is 0. The average Bonchev–Trinajstić information content (AvgIpc) is 2.13. The molecule has 0 aliphatic carbocycles. The van der Waals surface area contributed by atoms with Gasteiger partial charge in [0, 0.05) is 6.42 Å². The van der Waals surface area contributed by atoms with E-state index in [4.69, 9.17) is 0 Å². The molecule has 0 aromatic heterocycles. The van der Waals surface area contributed by atoms with Crippen LogP contribution in [-0.2, 0) is 10.9 Å². The van der Waals surface area contributed by atoms with Crippen LogP contribution in [0.5, 0.6) is 0 Å². The van der Waals surface area contributed by atoms with Crippen molar-refractivity contribution in [1.82, 2.24) is 0 Å². The molecule has 0 saturated carbocycles. The molecule has 0 heterocycles. The van der Waals surface area contributed by atoms with Crippen LogP contribution >= 0.6 is 0 Å². The van der Waals surface area contributed by atoms with Crippen molar-refractivity contribution >= 4 is 10.9 Å². The molecule has 1 nitrogen and oxygen atoms in total. The summed E-state index contributed by atoms with van der Waals surface area (Å²) in [4.78, 5) is 0. The van der Waals surface area contributed by atoms with Crippen LogP contribution in [0.2, 0.25) is 0 Å². The lowest BCUT2D eigenvalue weighted by molar-refractivity contribution is -0.909. The van der Waals surface area contributed by atoms with E-state index >= 15 is 0 Å². The van der Waals surface area contributed by atoms with Gasteiger partial charge < -0.3 is 4.48 Å². The van der Waals surface area contributed by atoms with Gasteiger partial charge in [-0.3, -0.25) is 0 Å². The molecule has 0 aromatic rings. The minimum Gasteiger partial charge on any atom is -0.326 e. The maximum absolute atomic E-state index is 2.44. The average molecular weight is 233 g/mol. The van der Waals surface area contributed by atoms with E-state index in [0.717, 1.165) is 0 Å². The monoisotopic (exact) mass is 233 g/mol. The molecule has 15 heavy (non-hydrogen) atoms. The van der Waals surface area contributed by atoms with Crippen LogP contribution in [0.1, 0.15) is 39.5 Å². The van der Waals surface area contributed by atoms with Gasteiger partial charge in [0.1, 0.15) is 5.75 Å². The van der Waals surface area contributed by atoms with Crippen molar-refractivity contribution < 1.29 is 4.48 Å². The molecule has 0 fully saturated rings. The van der Waals surface area contributed by atoms with Crippen molar-refractivity contribution in [2.45, 2.75) is 39.5 Å². The maximum Gasteiger partial charge on any atom is 0.107 e. The van der Waals surface area contributed by atoms with Crippen molar-refractivity contribution in [3.8, 4) is 0 Å². The highest BCUT2D eigenvalue weighted by Crippen LogP contribution is 2.09. The zero-order valence-corrected chi connectivity index (χ0v) is 12.3. The van der Waals surface area contributed by atoms with Crippen LogP contribution in [0, 0.1) is 0 Å². The molecule has 0 N–H and O–H groups in total. The summed E-state index contributed by atoms with van der Waals surface area (Å²) in [5, 5.41) is 0. The first kappa shape index (κ1) is 15.3. The van der Waals surface area contributed by atoms with E-state index in [1.165, 1.54) is 55.6 Å². The van der Waals surface area contributed by atoms with E-state index in [1.807, 2.05) is 0 Å². The summed E-state index contributed by atoms with van der Waals surface area (Å²) in [6.07, 6.45) is 10.2. The van der Waals surface area contributed by atoms with Gasteiger partial charge in [-0.2, -0.15) is 0 Å². The van der Waals surface area contributed by atoms with Gasteiger partial charge in [0.2, 0.25) is 0 Å². The summed E-state index contributed by atoms with van der Waals surface area (Å²) >= 11 is 0. The molecule has 0 aliphatic heterocycles. The molecule has 0 aliphatic rings. The fourth-order valence-corrected chi connectivity index (χ4v) is 3.08. The molecule has 0 atom stereocenters. The van der Waals surface area contributed by atoms with Crippen molar-refractivity contribution in [3.63, 3.8) is 0 Å². The molecule has 0 radical (unpaired) electrons. The lowest BCUT2D eigenvalue weighted by atomic mass is 10.2. The van der Waals surface area contributed by atoms with Crippen LogP contribution < -0.4 is 0 Å². The van der Waals surface area contributed by atoms with Gasteiger partial charge in [0.05, 0.1) is 39.2 Å². The minimum absolute atomic E-state index is 0.642. The molecule has 0 rings (SSSR count). The minimum atomic E-state index is 0.642. The Balaban J connectivity index is 3.75. The van der Waals surface area contributed by atoms with Gasteiger partial charge in [-0.05, 0) is 30.2 Å². The molecular weight excluding hydrogens is 202 g/mol. The molecule has 0 bridgehead atoms. The van der Waals surface area contributed by atoms with Crippen molar-refractivity contribution in [2.75, 3.05) is 44.9 Å². The first-order valence-corrected chi connectivity index (χ1v) is 8.63. The maximum atomic E-state index is 2.44. The van der Waals surface area contributed by atoms with Crippen LogP contribution in [0.4, 0.5) is 0 Å². The summed E-state index contributed by atoms with van der Waals surface area (Å²) < 4.78 is 1.30. The Bertz CT molecular complexity index is 139. The first-order valence-electron chi connectivity index (χ1n) is 6.42. The molecule has 0 unspecified atom stereocenters. The topological polar surface area (TPSA) is 0 Å². The zero-order valence-electron chi connectivity index (χ0n) is 11.5. The van der Waals surface area contributed by atoms with Gasteiger partial charge in [0.15, 0.2) is 0 Å². The number of hydrogen-bond acceptors (Lipinski definition) is 0. The van der Waals surface area contributed by atoms with E-state index < -0.39 is 0 Å². The normalized spacial score (nSPS) is 12.4. The summed E-state index contributed by atoms with van der Waals surface area (Å²) in [5.74, 6) is 1.43. The van der Waals surface area contributed by atoms with Crippen molar-refractivity contribution in [2.24, 2.45) is 0 Å². The highest BCUT2D eigenvalue weighted by atomic mass is 32.2. The smallest absolute Gasteiger partial charge is 0.107 e. The Morgan fingerprint density at radius 2 is 1.40 bits per heavy atom. The molecule has 2 heteroatoms. The largest absolute Gasteiger partial charge is 0.326 e. The predicted octanol–water partition coefficient (Wildman–Crippen LogP) is 2.91. The first-order chi connectivity index (χ1) is 7.04. The predicted molar refractivity (Wildman–Crippen MR) is 74.7 cm³/mol. The number of hydrogen-bond donors (Lipinski definition) is 0. The Morgan fingerprint density at radius 3 is 1.80 bits per heavy atom. The van der Waals surface area contributed by atoms with Gasteiger partial charge in [-0.1, -0.05) is 13.8 Å². The van der Waals surface area contributed by atoms with E-state index in [0.29, 0.717) is 10.9 Å². The Kier molecular flexibility index (Phi) is 8.64. The fraction of sp³-hybridized carbons (Fsp3) is 1.00. The zero-order chi connectivity index (χ0) is 11.7. The number of quaternary nitrogens is 1. The molecule has 0 amide bonds. The highest BCUT2D eigenvalue weighted by molar-refractivity contribution is 7.95. The Morgan fingerprint density at radius 1 is 0.867 bits per heavy atom. The third-order valence-corrected chi connectivity index (χ3v) is 4.13. The SMILES string of the molecule is CCC[N+](C)(CCC)CCCC[S+](C)C. The van der Waals surface area contributed by atoms with Gasteiger partial charge in [-0.15, -0.1) is 0 Å². The van der Waals surface area contributed by atoms with Crippen LogP contribution in [0.15, 0.2) is 0 Å². The van der Waals surface area contributed by atoms with Crippen molar-refractivity contribution in [1.29, 1.82) is 0 Å². The van der Waals surface area contributed by atoms with Crippen LogP contribution in [0.25, 0.3) is 0 Å². The molecule has 0 spiro atoms. The van der Waals surface area contributed by atoms with E-state index in [9.17, 15) is 0 Å². The second kappa shape index (κ2) is 8.46. The number of rotatable bonds is 9. The second-order valence-corrected chi connectivity index (χ2v) is 7.57. The molecule has 0 aromatic carbocycles. The lowest BCUT2D eigenvalue weighted by Crippen LogP contribution is -2.46. The number of nitrogens with zero attached hydrogens (tertiary/aromatic N) is 1. The van der Waals surface area contributed by atoms with Crippen molar-refractivity contribution in [3.05, 3.63) is 0 Å². The van der Waals surface area contributed by atoms with E-state index in [-0.39, 0.29) is 0 Å². The third-order valence-electron chi connectivity index (χ3n) is 3.03. The van der Waals surface area contributed by atoms with Crippen LogP contribution in [0.3, 0.4) is 0 Å².